The van der Waals surface area contributed by atoms with Gasteiger partial charge in [-0.25, -0.2) is 34.1 Å². The molecule has 2 N–H and O–H groups in total. The van der Waals surface area contributed by atoms with E-state index in [9.17, 15) is 14.3 Å². The zero-order valence-corrected chi connectivity index (χ0v) is 42.0. The van der Waals surface area contributed by atoms with Crippen LogP contribution in [-0.4, -0.2) is 137 Å². The Labute approximate surface area is 429 Å². The highest BCUT2D eigenvalue weighted by Gasteiger charge is 2.32. The van der Waals surface area contributed by atoms with Crippen molar-refractivity contribution in [2.24, 2.45) is 0 Å². The van der Waals surface area contributed by atoms with Gasteiger partial charge in [0.1, 0.15) is 53.6 Å². The SMILES string of the molecule is Cc1c(Cl)c2c(Cl)c(C)c1-c1c(-c3ccc(F)cc3)sc3ncnc(c13)O[C@@H](C(=O)O)Cc1cc(ccc1OCc1ccnc(-c3ccc(NC[C@@H]4COCCO4)nc3)n1)OC[C@@H](CN1CCN(C)CC1)O2. The molecule has 2 fully saturated rings. The molecule has 0 amide bonds. The first-order valence-electron chi connectivity index (χ1n) is 23.5. The molecular weight excluding hydrogens is 987 g/mol. The van der Waals surface area contributed by atoms with E-state index in [0.717, 1.165) is 26.2 Å². The summed E-state index contributed by atoms with van der Waals surface area (Å²) in [5.74, 6) is 0.641. The second-order valence-corrected chi connectivity index (χ2v) is 19.6. The van der Waals surface area contributed by atoms with E-state index >= 15 is 0 Å². The topological polar surface area (TPSA) is 176 Å². The second kappa shape index (κ2) is 21.8. The van der Waals surface area contributed by atoms with E-state index in [4.69, 9.17) is 56.6 Å². The molecule has 4 bridgehead atoms. The number of benzene rings is 3. The van der Waals surface area contributed by atoms with Gasteiger partial charge >= 0.3 is 5.97 Å². The minimum atomic E-state index is -1.48. The number of ether oxygens (including phenoxy) is 6. The predicted molar refractivity (Wildman–Crippen MR) is 272 cm³/mol. The number of carboxylic acids is 1. The first-order valence-corrected chi connectivity index (χ1v) is 25.1. The van der Waals surface area contributed by atoms with Crippen LogP contribution in [0.3, 0.4) is 0 Å². The van der Waals surface area contributed by atoms with Crippen LogP contribution in [0.25, 0.3) is 43.2 Å². The average Bonchev–Trinajstić information content (AvgIpc) is 3.78. The molecule has 0 radical (unpaired) electrons. The van der Waals surface area contributed by atoms with Crippen LogP contribution in [-0.2, 0) is 27.3 Å². The second-order valence-electron chi connectivity index (χ2n) is 17.9. The Bertz CT molecular complexity index is 3050. The third-order valence-corrected chi connectivity index (χ3v) is 14.9. The Hall–Kier alpha value is -6.25. The molecule has 7 aromatic rings. The normalized spacial score (nSPS) is 18.7. The van der Waals surface area contributed by atoms with Crippen LogP contribution in [0.15, 0.2) is 79.4 Å². The van der Waals surface area contributed by atoms with E-state index < -0.39 is 24.0 Å². The van der Waals surface area contributed by atoms with Crippen LogP contribution in [0, 0.1) is 19.7 Å². The van der Waals surface area contributed by atoms with Gasteiger partial charge in [-0.15, -0.1) is 11.3 Å². The fraction of sp³-hybridized carbons (Fsp3) is 0.346. The summed E-state index contributed by atoms with van der Waals surface area (Å²) in [7, 11) is 2.10. The first kappa shape index (κ1) is 49.3. The maximum absolute atomic E-state index is 14.4. The summed E-state index contributed by atoms with van der Waals surface area (Å²) in [6.07, 6.45) is 2.43. The number of rotatable bonds is 11. The number of fused-ring (bicyclic) bond motifs is 7. The molecule has 2 saturated heterocycles. The van der Waals surface area contributed by atoms with E-state index in [0.29, 0.717) is 132 Å². The minimum Gasteiger partial charge on any atom is -0.490 e. The van der Waals surface area contributed by atoms with Crippen molar-refractivity contribution < 1.29 is 42.7 Å². The maximum atomic E-state index is 14.4. The number of hydrogen-bond donors (Lipinski definition) is 2. The van der Waals surface area contributed by atoms with Crippen molar-refractivity contribution in [2.75, 3.05) is 78.1 Å². The summed E-state index contributed by atoms with van der Waals surface area (Å²) in [6.45, 7) is 10.1. The van der Waals surface area contributed by atoms with E-state index in [1.54, 1.807) is 48.8 Å². The molecule has 3 atom stereocenters. The van der Waals surface area contributed by atoms with Crippen LogP contribution >= 0.6 is 34.5 Å². The zero-order valence-electron chi connectivity index (χ0n) is 39.7. The Balaban J connectivity index is 1.01. The number of carbonyl (C=O) groups is 1. The smallest absolute Gasteiger partial charge is 0.345 e. The van der Waals surface area contributed by atoms with Gasteiger partial charge in [0.2, 0.25) is 12.0 Å². The van der Waals surface area contributed by atoms with Crippen LogP contribution in [0.1, 0.15) is 22.4 Å². The summed E-state index contributed by atoms with van der Waals surface area (Å²) < 4.78 is 52.0. The number of nitrogens with zero attached hydrogens (tertiary/aromatic N) is 7. The third kappa shape index (κ3) is 10.9. The molecule has 4 aromatic heterocycles. The summed E-state index contributed by atoms with van der Waals surface area (Å²) in [5.41, 5.74) is 5.00. The highest BCUT2D eigenvalue weighted by Crippen LogP contribution is 2.53. The van der Waals surface area contributed by atoms with Crippen LogP contribution in [0.5, 0.6) is 23.1 Å². The lowest BCUT2D eigenvalue weighted by Crippen LogP contribution is -2.49. The number of hydrogen-bond acceptors (Lipinski definition) is 16. The lowest BCUT2D eigenvalue weighted by Gasteiger charge is -2.35. The van der Waals surface area contributed by atoms with Gasteiger partial charge < -0.3 is 43.7 Å². The molecule has 0 unspecified atom stereocenters. The fourth-order valence-corrected chi connectivity index (χ4v) is 10.6. The van der Waals surface area contributed by atoms with Crippen LogP contribution in [0.4, 0.5) is 10.2 Å². The van der Waals surface area contributed by atoms with E-state index in [-0.39, 0.29) is 31.6 Å². The number of thiophene rings is 1. The van der Waals surface area contributed by atoms with E-state index in [1.165, 1.54) is 29.8 Å². The lowest BCUT2D eigenvalue weighted by molar-refractivity contribution is -0.145. The minimum absolute atomic E-state index is 0.0180. The molecular formula is C52H51Cl2FN8O8S. The highest BCUT2D eigenvalue weighted by molar-refractivity contribution is 7.22. The molecule has 374 valence electrons. The Morgan fingerprint density at radius 3 is 2.43 bits per heavy atom. The molecule has 8 heterocycles. The molecule has 3 aromatic carbocycles. The van der Waals surface area contributed by atoms with Crippen molar-refractivity contribution in [1.29, 1.82) is 0 Å². The molecule has 20 heteroatoms. The van der Waals surface area contributed by atoms with Crippen molar-refractivity contribution in [3.63, 3.8) is 0 Å². The monoisotopic (exact) mass is 1040 g/mol. The van der Waals surface area contributed by atoms with Crippen molar-refractivity contribution in [3.8, 4) is 56.1 Å². The van der Waals surface area contributed by atoms with Gasteiger partial charge in [-0.1, -0.05) is 35.3 Å². The first-order chi connectivity index (χ1) is 34.9. The summed E-state index contributed by atoms with van der Waals surface area (Å²) in [5, 5.41) is 15.2. The van der Waals surface area contributed by atoms with Gasteiger partial charge in [-0.05, 0) is 91.7 Å². The molecule has 4 aliphatic rings. The van der Waals surface area contributed by atoms with Gasteiger partial charge in [0.15, 0.2) is 11.6 Å². The summed E-state index contributed by atoms with van der Waals surface area (Å²) >= 11 is 16.0. The van der Waals surface area contributed by atoms with Crippen molar-refractivity contribution in [2.45, 2.75) is 45.2 Å². The van der Waals surface area contributed by atoms with Gasteiger partial charge in [0.05, 0.1) is 47.1 Å². The van der Waals surface area contributed by atoms with Crippen molar-refractivity contribution >= 4 is 56.5 Å². The zero-order chi connectivity index (χ0) is 49.9. The number of piperazine rings is 1. The Morgan fingerprint density at radius 2 is 1.69 bits per heavy atom. The number of likely N-dealkylation sites (N-methyl/N-ethyl adjacent to an activating group) is 1. The number of aliphatic carboxylic acids is 1. The molecule has 0 saturated carbocycles. The number of carboxylic acid groups (broad SMARTS) is 1. The van der Waals surface area contributed by atoms with Crippen molar-refractivity contribution in [3.05, 3.63) is 118 Å². The molecule has 11 rings (SSSR count). The predicted octanol–water partition coefficient (Wildman–Crippen LogP) is 8.81. The van der Waals surface area contributed by atoms with Gasteiger partial charge in [-0.2, -0.15) is 0 Å². The van der Waals surface area contributed by atoms with Crippen molar-refractivity contribution in [1.82, 2.24) is 34.7 Å². The molecule has 4 aliphatic heterocycles. The fourth-order valence-electron chi connectivity index (χ4n) is 8.98. The Morgan fingerprint density at radius 1 is 0.903 bits per heavy atom. The number of nitrogens with one attached hydrogen (secondary N) is 1. The standard InChI is InChI=1S/C52H51Cl2FN8O8S/c1-29-42-30(2)46(54)47(45(29)53)70-38(24-63-16-14-62(3)15-17-63)27-68-36-9-10-39(69-25-35-12-13-56-49(61-35)32-6-11-41(57-22-32)58-23-37-26-66-18-19-67-37)33(20-36)21-40(52(64)65)71-50-44-43(42)48(72-51(44)60-28-59-50)31-4-7-34(55)8-5-31/h4-13,20,22,28,37-38,40H,14-19,21,23-27H2,1-3H3,(H,57,58)(H,64,65)/t37-,38-,40-/m1/s1. The molecule has 72 heavy (non-hydrogen) atoms. The molecule has 0 spiro atoms. The number of anilines is 1. The molecule has 16 nitrogen and oxygen atoms in total. The lowest BCUT2D eigenvalue weighted by atomic mass is 9.92. The van der Waals surface area contributed by atoms with Gasteiger partial charge in [-0.3, -0.25) is 4.90 Å². The quantitative estimate of drug-likeness (QED) is 0.126. The average molecular weight is 1040 g/mol. The number of halogens is 3. The third-order valence-electron chi connectivity index (χ3n) is 12.9. The number of aromatic nitrogens is 5. The number of pyridine rings is 1. The Kier molecular flexibility index (Phi) is 15.0. The highest BCUT2D eigenvalue weighted by atomic mass is 35.5. The van der Waals surface area contributed by atoms with Gasteiger partial charge in [0, 0.05) is 79.7 Å². The molecule has 0 aliphatic carbocycles. The van der Waals surface area contributed by atoms with Gasteiger partial charge in [0.25, 0.3) is 0 Å². The van der Waals surface area contributed by atoms with Crippen LogP contribution < -0.4 is 24.3 Å². The van der Waals surface area contributed by atoms with E-state index in [1.807, 2.05) is 26.0 Å². The van der Waals surface area contributed by atoms with Crippen LogP contribution in [0.2, 0.25) is 10.0 Å². The summed E-state index contributed by atoms with van der Waals surface area (Å²) in [6, 6.07) is 16.9. The maximum Gasteiger partial charge on any atom is 0.345 e. The summed E-state index contributed by atoms with van der Waals surface area (Å²) in [4.78, 5) is 42.2. The van der Waals surface area contributed by atoms with E-state index in [2.05, 4.69) is 42.1 Å². The largest absolute Gasteiger partial charge is 0.490 e.